The lowest BCUT2D eigenvalue weighted by Gasteiger charge is -2.07. The van der Waals surface area contributed by atoms with Crippen molar-refractivity contribution in [1.82, 2.24) is 19.6 Å². The molecular weight excluding hydrogens is 240 g/mol. The van der Waals surface area contributed by atoms with Crippen molar-refractivity contribution in [2.24, 2.45) is 0 Å². The number of nitrogens with zero attached hydrogens (tertiary/aromatic N) is 4. The smallest absolute Gasteiger partial charge is 0.319 e. The Morgan fingerprint density at radius 2 is 2.47 bits per heavy atom. The van der Waals surface area contributed by atoms with E-state index in [0.717, 1.165) is 17.1 Å². The maximum Gasteiger partial charge on any atom is 0.319 e. The van der Waals surface area contributed by atoms with E-state index in [9.17, 15) is 4.79 Å². The Bertz CT molecular complexity index is 583. The van der Waals surface area contributed by atoms with Crippen LogP contribution in [0.3, 0.4) is 0 Å². The second-order valence-corrected chi connectivity index (χ2v) is 4.99. The highest BCUT2D eigenvalue weighted by atomic mass is 32.2. The second kappa shape index (κ2) is 3.99. The summed E-state index contributed by atoms with van der Waals surface area (Å²) in [6.45, 7) is 2.40. The molecule has 1 unspecified atom stereocenters. The quantitative estimate of drug-likeness (QED) is 0.581. The summed E-state index contributed by atoms with van der Waals surface area (Å²) in [7, 11) is 0. The Balaban J connectivity index is 1.98. The molecule has 1 saturated heterocycles. The summed E-state index contributed by atoms with van der Waals surface area (Å²) in [6.07, 6.45) is 2.19. The molecule has 0 amide bonds. The van der Waals surface area contributed by atoms with Crippen molar-refractivity contribution in [2.75, 3.05) is 6.61 Å². The van der Waals surface area contributed by atoms with Gasteiger partial charge in [-0.3, -0.25) is 4.79 Å². The van der Waals surface area contributed by atoms with Gasteiger partial charge in [-0.05, 0) is 13.0 Å². The van der Waals surface area contributed by atoms with E-state index >= 15 is 0 Å². The fourth-order valence-electron chi connectivity index (χ4n) is 1.71. The fourth-order valence-corrected chi connectivity index (χ4v) is 2.85. The first kappa shape index (κ1) is 10.5. The van der Waals surface area contributed by atoms with Gasteiger partial charge in [0.1, 0.15) is 16.6 Å². The van der Waals surface area contributed by atoms with Gasteiger partial charge in [0.25, 0.3) is 5.78 Å². The van der Waals surface area contributed by atoms with Crippen LogP contribution in [0.25, 0.3) is 5.78 Å². The third-order valence-corrected chi connectivity index (χ3v) is 3.74. The molecular formula is C10H10N4O2S. The number of rotatable bonds is 2. The number of aryl methyl sites for hydroxylation is 1. The molecule has 2 aromatic rings. The number of fused-ring (bicyclic) bond motifs is 1. The summed E-state index contributed by atoms with van der Waals surface area (Å²) in [6, 6.07) is 1.90. The van der Waals surface area contributed by atoms with Gasteiger partial charge >= 0.3 is 5.97 Å². The molecule has 6 nitrogen and oxygen atoms in total. The zero-order valence-corrected chi connectivity index (χ0v) is 9.98. The first-order valence-corrected chi connectivity index (χ1v) is 6.13. The highest BCUT2D eigenvalue weighted by molar-refractivity contribution is 8.00. The van der Waals surface area contributed by atoms with Gasteiger partial charge in [-0.2, -0.15) is 14.6 Å². The summed E-state index contributed by atoms with van der Waals surface area (Å²) in [5.41, 5.74) is 0.861. The van der Waals surface area contributed by atoms with Gasteiger partial charge in [0.05, 0.1) is 6.61 Å². The van der Waals surface area contributed by atoms with Crippen LogP contribution in [-0.4, -0.2) is 37.4 Å². The number of ether oxygens (including phenoxy) is 1. The average molecular weight is 250 g/mol. The lowest BCUT2D eigenvalue weighted by atomic mass is 10.4. The van der Waals surface area contributed by atoms with Crippen molar-refractivity contribution in [1.29, 1.82) is 0 Å². The summed E-state index contributed by atoms with van der Waals surface area (Å²) in [4.78, 5) is 19.7. The van der Waals surface area contributed by atoms with E-state index in [1.807, 2.05) is 13.0 Å². The van der Waals surface area contributed by atoms with Crippen LogP contribution in [0.2, 0.25) is 0 Å². The lowest BCUT2D eigenvalue weighted by molar-refractivity contribution is -0.137. The van der Waals surface area contributed by atoms with Crippen LogP contribution in [-0.2, 0) is 9.53 Å². The standard InChI is InChI=1S/C10H10N4O2S/c1-6-4-8(14-10(13-6)11-5-12-14)17-7-2-3-16-9(7)15/h4-5,7H,2-3H2,1H3. The zero-order valence-electron chi connectivity index (χ0n) is 9.16. The topological polar surface area (TPSA) is 69.4 Å². The van der Waals surface area contributed by atoms with E-state index < -0.39 is 0 Å². The molecule has 1 atom stereocenters. The molecule has 0 aliphatic carbocycles. The number of thioether (sulfide) groups is 1. The molecule has 88 valence electrons. The molecule has 7 heteroatoms. The van der Waals surface area contributed by atoms with E-state index in [0.29, 0.717) is 12.4 Å². The molecule has 0 bridgehead atoms. The molecule has 3 heterocycles. The predicted octanol–water partition coefficient (Wildman–Crippen LogP) is 0.840. The SMILES string of the molecule is Cc1cc(SC2CCOC2=O)n2ncnc2n1. The molecule has 0 N–H and O–H groups in total. The number of hydrogen-bond donors (Lipinski definition) is 0. The zero-order chi connectivity index (χ0) is 11.8. The Kier molecular flexibility index (Phi) is 2.47. The Hall–Kier alpha value is -1.63. The van der Waals surface area contributed by atoms with Crippen LogP contribution < -0.4 is 0 Å². The molecule has 0 saturated carbocycles. The molecule has 1 aliphatic rings. The van der Waals surface area contributed by atoms with E-state index in [-0.39, 0.29) is 11.2 Å². The number of hydrogen-bond acceptors (Lipinski definition) is 6. The van der Waals surface area contributed by atoms with Crippen LogP contribution in [0.4, 0.5) is 0 Å². The van der Waals surface area contributed by atoms with Crippen LogP contribution in [0.15, 0.2) is 17.4 Å². The Labute approximate surface area is 101 Å². The van der Waals surface area contributed by atoms with Gasteiger partial charge in [-0.25, -0.2) is 4.98 Å². The normalized spacial score (nSPS) is 19.8. The van der Waals surface area contributed by atoms with Crippen LogP contribution >= 0.6 is 11.8 Å². The molecule has 0 spiro atoms. The van der Waals surface area contributed by atoms with Crippen molar-refractivity contribution in [2.45, 2.75) is 23.6 Å². The summed E-state index contributed by atoms with van der Waals surface area (Å²) < 4.78 is 6.58. The molecule has 0 aromatic carbocycles. The van der Waals surface area contributed by atoms with Crippen LogP contribution in [0.1, 0.15) is 12.1 Å². The van der Waals surface area contributed by atoms with E-state index in [1.54, 1.807) is 4.52 Å². The summed E-state index contributed by atoms with van der Waals surface area (Å²) >= 11 is 1.45. The minimum absolute atomic E-state index is 0.149. The molecule has 3 rings (SSSR count). The van der Waals surface area contributed by atoms with Crippen molar-refractivity contribution >= 4 is 23.5 Å². The maximum absolute atomic E-state index is 11.4. The first-order valence-electron chi connectivity index (χ1n) is 5.25. The average Bonchev–Trinajstić information content (AvgIpc) is 2.88. The van der Waals surface area contributed by atoms with E-state index in [2.05, 4.69) is 15.1 Å². The van der Waals surface area contributed by atoms with Gasteiger partial charge in [0.15, 0.2) is 0 Å². The highest BCUT2D eigenvalue weighted by Crippen LogP contribution is 2.29. The van der Waals surface area contributed by atoms with Crippen LogP contribution in [0.5, 0.6) is 0 Å². The van der Waals surface area contributed by atoms with Crippen molar-refractivity contribution < 1.29 is 9.53 Å². The third-order valence-electron chi connectivity index (χ3n) is 2.50. The van der Waals surface area contributed by atoms with Gasteiger partial charge in [0.2, 0.25) is 0 Å². The van der Waals surface area contributed by atoms with E-state index in [4.69, 9.17) is 4.74 Å². The molecule has 0 radical (unpaired) electrons. The van der Waals surface area contributed by atoms with Crippen molar-refractivity contribution in [3.63, 3.8) is 0 Å². The second-order valence-electron chi connectivity index (χ2n) is 3.77. The number of aromatic nitrogens is 4. The van der Waals surface area contributed by atoms with Gasteiger partial charge in [0, 0.05) is 12.1 Å². The van der Waals surface area contributed by atoms with Gasteiger partial charge < -0.3 is 4.74 Å². The summed E-state index contributed by atoms with van der Waals surface area (Å²) in [5, 5.41) is 4.82. The maximum atomic E-state index is 11.4. The van der Waals surface area contributed by atoms with Crippen molar-refractivity contribution in [3.05, 3.63) is 18.1 Å². The molecule has 17 heavy (non-hydrogen) atoms. The molecule has 1 fully saturated rings. The number of cyclic esters (lactones) is 1. The first-order chi connectivity index (χ1) is 8.24. The third kappa shape index (κ3) is 1.86. The van der Waals surface area contributed by atoms with E-state index in [1.165, 1.54) is 18.1 Å². The molecule has 1 aliphatic heterocycles. The fraction of sp³-hybridized carbons (Fsp3) is 0.400. The largest absolute Gasteiger partial charge is 0.465 e. The number of carbonyl (C=O) groups is 1. The Morgan fingerprint density at radius 1 is 1.59 bits per heavy atom. The van der Waals surface area contributed by atoms with Gasteiger partial charge in [-0.1, -0.05) is 11.8 Å². The summed E-state index contributed by atoms with van der Waals surface area (Å²) in [5.74, 6) is 0.400. The predicted molar refractivity (Wildman–Crippen MR) is 60.7 cm³/mol. The Morgan fingerprint density at radius 3 is 3.24 bits per heavy atom. The number of carbonyl (C=O) groups excluding carboxylic acids is 1. The molecule has 2 aromatic heterocycles. The highest BCUT2D eigenvalue weighted by Gasteiger charge is 2.28. The van der Waals surface area contributed by atoms with Gasteiger partial charge in [-0.15, -0.1) is 0 Å². The minimum atomic E-state index is -0.155. The lowest BCUT2D eigenvalue weighted by Crippen LogP contribution is -2.11. The van der Waals surface area contributed by atoms with Crippen LogP contribution in [0, 0.1) is 6.92 Å². The minimum Gasteiger partial charge on any atom is -0.465 e. The van der Waals surface area contributed by atoms with Crippen molar-refractivity contribution in [3.8, 4) is 0 Å². The monoisotopic (exact) mass is 250 g/mol. The number of esters is 1.